The van der Waals surface area contributed by atoms with Crippen LogP contribution in [0.2, 0.25) is 0 Å². The van der Waals surface area contributed by atoms with Gasteiger partial charge in [0.25, 0.3) is 5.91 Å². The van der Waals surface area contributed by atoms with Gasteiger partial charge in [-0.3, -0.25) is 19.7 Å². The molecule has 0 fully saturated rings. The van der Waals surface area contributed by atoms with E-state index in [0.717, 1.165) is 12.1 Å². The van der Waals surface area contributed by atoms with Crippen molar-refractivity contribution in [2.24, 2.45) is 0 Å². The number of amides is 1. The van der Waals surface area contributed by atoms with Gasteiger partial charge in [0, 0.05) is 30.4 Å². The lowest BCUT2D eigenvalue weighted by Crippen LogP contribution is -2.30. The largest absolute Gasteiger partial charge is 0.477 e. The quantitative estimate of drug-likeness (QED) is 0.335. The molecule has 1 amide bonds. The Morgan fingerprint density at radius 1 is 1.10 bits per heavy atom. The average molecular weight is 449 g/mol. The Morgan fingerprint density at radius 3 is 2.23 bits per heavy atom. The predicted octanol–water partition coefficient (Wildman–Crippen LogP) is 2.85. The van der Waals surface area contributed by atoms with Crippen LogP contribution in [0.3, 0.4) is 0 Å². The zero-order valence-electron chi connectivity index (χ0n) is 17.3. The number of ketones is 1. The molecule has 11 heteroatoms. The third-order valence-electron chi connectivity index (χ3n) is 4.40. The number of rotatable bonds is 10. The van der Waals surface area contributed by atoms with E-state index in [4.69, 9.17) is 4.74 Å². The van der Waals surface area contributed by atoms with Crippen molar-refractivity contribution < 1.29 is 27.7 Å². The lowest BCUT2D eigenvalue weighted by Gasteiger charge is -2.18. The van der Waals surface area contributed by atoms with E-state index in [1.165, 1.54) is 17.3 Å². The fourth-order valence-corrected chi connectivity index (χ4v) is 4.24. The van der Waals surface area contributed by atoms with Gasteiger partial charge in [0.2, 0.25) is 10.0 Å². The van der Waals surface area contributed by atoms with Gasteiger partial charge in [-0.05, 0) is 43.3 Å². The second kappa shape index (κ2) is 10.1. The van der Waals surface area contributed by atoms with E-state index in [-0.39, 0.29) is 29.5 Å². The van der Waals surface area contributed by atoms with Crippen molar-refractivity contribution in [1.29, 1.82) is 0 Å². The highest BCUT2D eigenvalue weighted by Gasteiger charge is 2.26. The SMILES string of the molecule is CCN(CC)S(=O)(=O)c1ccc(OCC(=O)Nc2ccc(C(C)=O)cc2)c([N+](=O)[O-])c1. The number of ether oxygens (including phenoxy) is 1. The monoisotopic (exact) mass is 449 g/mol. The Kier molecular flexibility index (Phi) is 7.83. The molecule has 0 heterocycles. The lowest BCUT2D eigenvalue weighted by molar-refractivity contribution is -0.386. The number of anilines is 1. The number of benzene rings is 2. The van der Waals surface area contributed by atoms with Gasteiger partial charge < -0.3 is 10.1 Å². The van der Waals surface area contributed by atoms with E-state index in [2.05, 4.69) is 5.32 Å². The highest BCUT2D eigenvalue weighted by molar-refractivity contribution is 7.89. The summed E-state index contributed by atoms with van der Waals surface area (Å²) in [6, 6.07) is 9.48. The van der Waals surface area contributed by atoms with Gasteiger partial charge in [-0.15, -0.1) is 0 Å². The Morgan fingerprint density at radius 2 is 1.71 bits per heavy atom. The molecule has 0 aliphatic heterocycles. The van der Waals surface area contributed by atoms with Crippen molar-refractivity contribution in [2.75, 3.05) is 25.0 Å². The minimum absolute atomic E-state index is 0.111. The molecule has 0 aliphatic carbocycles. The maximum absolute atomic E-state index is 12.6. The summed E-state index contributed by atoms with van der Waals surface area (Å²) in [5, 5.41) is 14.0. The molecule has 10 nitrogen and oxygen atoms in total. The number of hydrogen-bond donors (Lipinski definition) is 1. The van der Waals surface area contributed by atoms with E-state index in [0.29, 0.717) is 11.3 Å². The number of nitrogens with zero attached hydrogens (tertiary/aromatic N) is 2. The minimum atomic E-state index is -3.89. The van der Waals surface area contributed by atoms with Crippen LogP contribution < -0.4 is 10.1 Å². The molecule has 0 aromatic heterocycles. The van der Waals surface area contributed by atoms with Crippen molar-refractivity contribution in [3.63, 3.8) is 0 Å². The summed E-state index contributed by atoms with van der Waals surface area (Å²) < 4.78 is 31.6. The molecule has 166 valence electrons. The number of Topliss-reactive ketones (excluding diaryl/α,β-unsaturated/α-hetero) is 1. The fraction of sp³-hybridized carbons (Fsp3) is 0.300. The van der Waals surface area contributed by atoms with E-state index in [1.54, 1.807) is 38.1 Å². The molecule has 0 saturated carbocycles. The normalized spacial score (nSPS) is 11.2. The molecule has 0 atom stereocenters. The van der Waals surface area contributed by atoms with Crippen LogP contribution in [-0.2, 0) is 14.8 Å². The molecule has 0 bridgehead atoms. The number of carbonyl (C=O) groups is 2. The number of nitro benzene ring substituents is 1. The third kappa shape index (κ3) is 5.86. The van der Waals surface area contributed by atoms with Gasteiger partial charge in [0.15, 0.2) is 18.1 Å². The smallest absolute Gasteiger partial charge is 0.312 e. The second-order valence-corrected chi connectivity index (χ2v) is 8.38. The molecule has 0 aliphatic rings. The van der Waals surface area contributed by atoms with E-state index >= 15 is 0 Å². The van der Waals surface area contributed by atoms with Crippen molar-refractivity contribution in [3.05, 3.63) is 58.1 Å². The molecule has 2 rings (SSSR count). The van der Waals surface area contributed by atoms with Crippen LogP contribution in [0.25, 0.3) is 0 Å². The van der Waals surface area contributed by atoms with Crippen LogP contribution in [0.15, 0.2) is 47.4 Å². The predicted molar refractivity (Wildman–Crippen MR) is 114 cm³/mol. The number of nitro groups is 1. The molecule has 1 N–H and O–H groups in total. The molecule has 0 spiro atoms. The molecule has 31 heavy (non-hydrogen) atoms. The van der Waals surface area contributed by atoms with Crippen molar-refractivity contribution in [3.8, 4) is 5.75 Å². The number of carbonyl (C=O) groups excluding carboxylic acids is 2. The topological polar surface area (TPSA) is 136 Å². The third-order valence-corrected chi connectivity index (χ3v) is 6.45. The van der Waals surface area contributed by atoms with Crippen LogP contribution in [0.4, 0.5) is 11.4 Å². The molecule has 0 unspecified atom stereocenters. The zero-order valence-corrected chi connectivity index (χ0v) is 18.1. The van der Waals surface area contributed by atoms with Crippen molar-refractivity contribution >= 4 is 33.1 Å². The Balaban J connectivity index is 2.15. The van der Waals surface area contributed by atoms with Crippen molar-refractivity contribution in [1.82, 2.24) is 4.31 Å². The first-order valence-corrected chi connectivity index (χ1v) is 10.9. The Bertz CT molecular complexity index is 1080. The summed E-state index contributed by atoms with van der Waals surface area (Å²) >= 11 is 0. The molecular weight excluding hydrogens is 426 g/mol. The zero-order chi connectivity index (χ0) is 23.2. The van der Waals surface area contributed by atoms with E-state index in [9.17, 15) is 28.1 Å². The first-order chi connectivity index (χ1) is 14.6. The Hall–Kier alpha value is -3.31. The van der Waals surface area contributed by atoms with Gasteiger partial charge >= 0.3 is 5.69 Å². The van der Waals surface area contributed by atoms with Gasteiger partial charge in [-0.2, -0.15) is 4.31 Å². The van der Waals surface area contributed by atoms with Crippen LogP contribution in [0.5, 0.6) is 5.75 Å². The van der Waals surface area contributed by atoms with Gasteiger partial charge in [-0.1, -0.05) is 13.8 Å². The van der Waals surface area contributed by atoms with Crippen LogP contribution >= 0.6 is 0 Å². The number of nitrogens with one attached hydrogen (secondary N) is 1. The lowest BCUT2D eigenvalue weighted by atomic mass is 10.1. The van der Waals surface area contributed by atoms with E-state index < -0.39 is 33.1 Å². The second-order valence-electron chi connectivity index (χ2n) is 6.45. The van der Waals surface area contributed by atoms with Gasteiger partial charge in [0.1, 0.15) is 0 Å². The number of hydrogen-bond acceptors (Lipinski definition) is 7. The number of sulfonamides is 1. The van der Waals surface area contributed by atoms with Gasteiger partial charge in [0.05, 0.1) is 9.82 Å². The maximum atomic E-state index is 12.6. The summed E-state index contributed by atoms with van der Waals surface area (Å²) in [7, 11) is -3.89. The first-order valence-electron chi connectivity index (χ1n) is 9.42. The molecular formula is C20H23N3O7S. The van der Waals surface area contributed by atoms with E-state index in [1.807, 2.05) is 0 Å². The van der Waals surface area contributed by atoms with Crippen LogP contribution in [0, 0.1) is 10.1 Å². The van der Waals surface area contributed by atoms with Crippen LogP contribution in [-0.4, -0.2) is 49.0 Å². The van der Waals surface area contributed by atoms with Gasteiger partial charge in [-0.25, -0.2) is 8.42 Å². The summed E-state index contributed by atoms with van der Waals surface area (Å²) in [6.45, 7) is 4.67. The molecule has 2 aromatic carbocycles. The summed E-state index contributed by atoms with van der Waals surface area (Å²) in [5.74, 6) is -0.921. The minimum Gasteiger partial charge on any atom is -0.477 e. The fourth-order valence-electron chi connectivity index (χ4n) is 2.76. The summed E-state index contributed by atoms with van der Waals surface area (Å²) in [4.78, 5) is 33.8. The molecule has 0 saturated heterocycles. The first kappa shape index (κ1) is 24.0. The molecule has 0 radical (unpaired) electrons. The summed E-state index contributed by atoms with van der Waals surface area (Å²) in [5.41, 5.74) is 0.352. The standard InChI is InChI=1S/C20H23N3O7S/c1-4-22(5-2)31(28,29)17-10-11-19(18(12-17)23(26)27)30-13-20(25)21-16-8-6-15(7-9-16)14(3)24/h6-12H,4-5,13H2,1-3H3,(H,21,25). The van der Waals surface area contributed by atoms with Crippen LogP contribution in [0.1, 0.15) is 31.1 Å². The summed E-state index contributed by atoms with van der Waals surface area (Å²) in [6.07, 6.45) is 0. The highest BCUT2D eigenvalue weighted by Crippen LogP contribution is 2.31. The Labute approximate surface area is 180 Å². The highest BCUT2D eigenvalue weighted by atomic mass is 32.2. The average Bonchev–Trinajstić information content (AvgIpc) is 2.73. The molecule has 2 aromatic rings. The van der Waals surface area contributed by atoms with Crippen molar-refractivity contribution in [2.45, 2.75) is 25.7 Å². The maximum Gasteiger partial charge on any atom is 0.312 e.